The lowest BCUT2D eigenvalue weighted by Crippen LogP contribution is -2.33. The molecule has 2 aromatic heterocycles. The summed E-state index contributed by atoms with van der Waals surface area (Å²) in [5, 5.41) is 11.4. The fourth-order valence-electron chi connectivity index (χ4n) is 3.05. The maximum absolute atomic E-state index is 10.8. The minimum Gasteiger partial charge on any atom is -0.386 e. The summed E-state index contributed by atoms with van der Waals surface area (Å²) in [6, 6.07) is 0. The lowest BCUT2D eigenvalue weighted by Gasteiger charge is -2.26. The number of aromatic nitrogens is 4. The van der Waals surface area contributed by atoms with E-state index in [1.807, 2.05) is 0 Å². The molecular formula is C17H28BN5O5PS+. The maximum atomic E-state index is 10.8. The van der Waals surface area contributed by atoms with Crippen molar-refractivity contribution >= 4 is 44.1 Å². The molecule has 4 atom stereocenters. The molecule has 0 aromatic carbocycles. The molecule has 1 fully saturated rings. The Morgan fingerprint density at radius 3 is 2.83 bits per heavy atom. The summed E-state index contributed by atoms with van der Waals surface area (Å²) < 4.78 is 18.2. The minimum absolute atomic E-state index is 0.00719. The van der Waals surface area contributed by atoms with Crippen molar-refractivity contribution in [3.05, 3.63) is 6.33 Å². The van der Waals surface area contributed by atoms with E-state index < -0.39 is 26.3 Å². The summed E-state index contributed by atoms with van der Waals surface area (Å²) in [5.74, 6) is 1.10. The van der Waals surface area contributed by atoms with Crippen LogP contribution >= 0.6 is 19.6 Å². The highest BCUT2D eigenvalue weighted by molar-refractivity contribution is 7.99. The van der Waals surface area contributed by atoms with Gasteiger partial charge in [0.25, 0.3) is 0 Å². The van der Waals surface area contributed by atoms with Gasteiger partial charge in [-0.15, -0.1) is 0 Å². The fourth-order valence-corrected chi connectivity index (χ4v) is 4.93. The van der Waals surface area contributed by atoms with Gasteiger partial charge < -0.3 is 15.6 Å². The molecule has 3 heterocycles. The van der Waals surface area contributed by atoms with Crippen LogP contribution in [0, 0.1) is 0 Å². The summed E-state index contributed by atoms with van der Waals surface area (Å²) in [6.07, 6.45) is 3.33. The van der Waals surface area contributed by atoms with E-state index in [0.29, 0.717) is 16.3 Å². The van der Waals surface area contributed by atoms with Gasteiger partial charge in [-0.25, -0.2) is 19.8 Å². The molecule has 4 N–H and O–H groups in total. The molecule has 1 aliphatic heterocycles. The molecule has 0 spiro atoms. The van der Waals surface area contributed by atoms with Crippen molar-refractivity contribution < 1.29 is 23.8 Å². The zero-order valence-corrected chi connectivity index (χ0v) is 18.9. The molecule has 30 heavy (non-hydrogen) atoms. The predicted octanol–water partition coefficient (Wildman–Crippen LogP) is 2.23. The molecule has 3 rings (SSSR count). The van der Waals surface area contributed by atoms with Gasteiger partial charge in [-0.3, -0.25) is 4.57 Å². The summed E-state index contributed by atoms with van der Waals surface area (Å²) in [4.78, 5) is 23.0. The van der Waals surface area contributed by atoms with Crippen LogP contribution in [0.5, 0.6) is 0 Å². The van der Waals surface area contributed by atoms with Gasteiger partial charge in [0.2, 0.25) is 0 Å². The zero-order chi connectivity index (χ0) is 21.7. The van der Waals surface area contributed by atoms with E-state index in [2.05, 4.69) is 21.9 Å². The lowest BCUT2D eigenvalue weighted by atomic mass is 10.2. The Bertz CT molecular complexity index is 844. The number of nitrogen functional groups attached to an aromatic ring is 1. The Kier molecular flexibility index (Phi) is 8.31. The number of aliphatic hydroxyl groups excluding tert-OH is 1. The number of anilines is 1. The van der Waals surface area contributed by atoms with Crippen LogP contribution in [-0.2, 0) is 13.8 Å². The summed E-state index contributed by atoms with van der Waals surface area (Å²) in [5.41, 5.74) is 6.90. The van der Waals surface area contributed by atoms with Crippen LogP contribution in [0.15, 0.2) is 11.5 Å². The smallest absolute Gasteiger partial charge is 0.386 e. The molecule has 0 bridgehead atoms. The number of nitrogens with zero attached hydrogens (tertiary/aromatic N) is 4. The highest BCUT2D eigenvalue weighted by Gasteiger charge is 2.40. The first-order chi connectivity index (χ1) is 14.3. The molecule has 1 saturated heterocycles. The van der Waals surface area contributed by atoms with E-state index in [4.69, 9.17) is 27.1 Å². The Labute approximate surface area is 181 Å². The third-order valence-corrected chi connectivity index (χ3v) is 6.66. The molecule has 13 heteroatoms. The summed E-state index contributed by atoms with van der Waals surface area (Å²) >= 11 is 1.54. The monoisotopic (exact) mass is 456 g/mol. The first-order valence-electron chi connectivity index (χ1n) is 9.96. The summed E-state index contributed by atoms with van der Waals surface area (Å²) in [6.45, 7) is 3.65. The van der Waals surface area contributed by atoms with E-state index in [1.165, 1.54) is 12.7 Å². The minimum atomic E-state index is -3.53. The topological polar surface area (TPSA) is 138 Å². The van der Waals surface area contributed by atoms with Gasteiger partial charge in [-0.05, 0) is 13.3 Å². The largest absolute Gasteiger partial charge is 0.488 e. The number of thioether (sulfide) groups is 1. The molecule has 0 amide bonds. The molecule has 10 nitrogen and oxygen atoms in total. The lowest BCUT2D eigenvalue weighted by molar-refractivity contribution is -0.124. The number of aliphatic hydroxyl groups is 1. The molecule has 164 valence electrons. The van der Waals surface area contributed by atoms with E-state index in [1.54, 1.807) is 23.3 Å². The molecule has 0 aliphatic carbocycles. The Morgan fingerprint density at radius 2 is 2.07 bits per heavy atom. The van der Waals surface area contributed by atoms with Crippen molar-refractivity contribution in [2.45, 2.75) is 63.1 Å². The number of fused-ring (bicyclic) bond motifs is 1. The number of nitrogens with two attached hydrogens (primary N) is 1. The number of ether oxygens (including phenoxy) is 1. The summed E-state index contributed by atoms with van der Waals surface area (Å²) in [7, 11) is 2.12. The second kappa shape index (κ2) is 10.5. The first kappa shape index (κ1) is 23.7. The van der Waals surface area contributed by atoms with Gasteiger partial charge in [0.05, 0.1) is 6.10 Å². The maximum Gasteiger partial charge on any atom is 0.488 e. The third kappa shape index (κ3) is 5.82. The Hall–Kier alpha value is -1.01. The van der Waals surface area contributed by atoms with Crippen LogP contribution < -0.4 is 5.73 Å². The van der Waals surface area contributed by atoms with Crippen LogP contribution in [0.3, 0.4) is 0 Å². The molecule has 0 saturated carbocycles. The number of rotatable bonds is 7. The van der Waals surface area contributed by atoms with Crippen molar-refractivity contribution in [2.75, 3.05) is 24.7 Å². The number of unbranched alkanes of at least 4 members (excludes halogenated alkanes) is 3. The molecule has 2 aromatic rings. The Balaban J connectivity index is 1.94. The first-order valence-corrected chi connectivity index (χ1v) is 12.6. The van der Waals surface area contributed by atoms with E-state index >= 15 is 0 Å². The molecule has 1 aliphatic rings. The van der Waals surface area contributed by atoms with Crippen LogP contribution in [0.1, 0.15) is 45.8 Å². The quantitative estimate of drug-likeness (QED) is 0.246. The van der Waals surface area contributed by atoms with Gasteiger partial charge >= 0.3 is 15.4 Å². The number of imidazole rings is 1. The van der Waals surface area contributed by atoms with Gasteiger partial charge in [0.15, 0.2) is 28.4 Å². The highest BCUT2D eigenvalue weighted by atomic mass is 32.2. The second-order valence-electron chi connectivity index (χ2n) is 7.16. The predicted molar refractivity (Wildman–Crippen MR) is 117 cm³/mol. The van der Waals surface area contributed by atoms with Gasteiger partial charge in [-0.2, -0.15) is 9.05 Å². The zero-order valence-electron chi connectivity index (χ0n) is 17.2. The van der Waals surface area contributed by atoms with Crippen molar-refractivity contribution in [2.24, 2.45) is 0 Å². The van der Waals surface area contributed by atoms with Crippen molar-refractivity contribution in [3.8, 4) is 0 Å². The van der Waals surface area contributed by atoms with Crippen molar-refractivity contribution in [1.82, 2.24) is 19.5 Å². The fraction of sp³-hybridized carbons (Fsp3) is 0.706. The molecular weight excluding hydrogens is 428 g/mol. The Morgan fingerprint density at radius 1 is 1.30 bits per heavy atom. The number of hydrogen-bond acceptors (Lipinski definition) is 10. The van der Waals surface area contributed by atoms with Gasteiger partial charge in [0, 0.05) is 5.75 Å². The van der Waals surface area contributed by atoms with E-state index in [0.717, 1.165) is 25.0 Å². The van der Waals surface area contributed by atoms with Crippen LogP contribution in [-0.4, -0.2) is 68.3 Å². The molecule has 2 radical (unpaired) electrons. The SMILES string of the molecule is [B][P+]1(O)OC[C@H](C)O[C@@H](n2c(SCCCCCC)nc3c(N)ncnc32)[C@@H](O)CO1. The second-order valence-corrected chi connectivity index (χ2v) is 9.87. The standard InChI is InChI=1S/C17H28BN5O5PS/c1-3-4-5-6-7-30-17-22-13-14(19)20-10-21-15(13)23(17)16-12(24)9-27-29(18,25)26-8-11(2)28-16/h10-12,16,24-25H,3-9H2,1-2H3,(H2,19,20,21)/q+1/t11-,12-,16+,29?/m0/s1. The van der Waals surface area contributed by atoms with Gasteiger partial charge in [-0.1, -0.05) is 37.9 Å². The average Bonchev–Trinajstić information content (AvgIpc) is 3.09. The van der Waals surface area contributed by atoms with E-state index in [-0.39, 0.29) is 19.0 Å². The third-order valence-electron chi connectivity index (χ3n) is 4.58. The molecule has 1 unspecified atom stereocenters. The number of hydrogen-bond donors (Lipinski definition) is 3. The normalized spacial score (nSPS) is 28.2. The highest BCUT2D eigenvalue weighted by Crippen LogP contribution is 2.52. The average molecular weight is 456 g/mol. The van der Waals surface area contributed by atoms with E-state index in [9.17, 15) is 10.00 Å². The van der Waals surface area contributed by atoms with Crippen LogP contribution in [0.4, 0.5) is 5.82 Å². The van der Waals surface area contributed by atoms with Crippen LogP contribution in [0.2, 0.25) is 0 Å². The van der Waals surface area contributed by atoms with Crippen LogP contribution in [0.25, 0.3) is 11.2 Å². The van der Waals surface area contributed by atoms with Crippen molar-refractivity contribution in [3.63, 3.8) is 0 Å². The van der Waals surface area contributed by atoms with Gasteiger partial charge in [0.1, 0.15) is 25.6 Å². The van der Waals surface area contributed by atoms with Crippen molar-refractivity contribution in [1.29, 1.82) is 0 Å².